The van der Waals surface area contributed by atoms with Crippen LogP contribution in [-0.4, -0.2) is 9.91 Å². The number of rotatable bonds is 2. The number of alkyl halides is 1. The van der Waals surface area contributed by atoms with Crippen molar-refractivity contribution in [1.82, 2.24) is 4.98 Å². The second-order valence-electron chi connectivity index (χ2n) is 3.56. The van der Waals surface area contributed by atoms with Gasteiger partial charge < -0.3 is 0 Å². The summed E-state index contributed by atoms with van der Waals surface area (Å²) in [5.41, 5.74) is 1.29. The summed E-state index contributed by atoms with van der Waals surface area (Å²) in [7, 11) is 0. The van der Waals surface area contributed by atoms with Gasteiger partial charge in [-0.2, -0.15) is 0 Å². The average molecular weight is 271 g/mol. The van der Waals surface area contributed by atoms with Gasteiger partial charge in [-0.05, 0) is 12.5 Å². The number of hydrogen-bond acceptors (Lipinski definition) is 3. The van der Waals surface area contributed by atoms with E-state index in [9.17, 15) is 10.1 Å². The monoisotopic (exact) mass is 270 g/mol. The van der Waals surface area contributed by atoms with Gasteiger partial charge in [0.25, 0.3) is 5.69 Å². The van der Waals surface area contributed by atoms with Crippen molar-refractivity contribution in [3.8, 4) is 0 Å². The van der Waals surface area contributed by atoms with Gasteiger partial charge in [0.2, 0.25) is 0 Å². The third kappa shape index (κ3) is 1.94. The van der Waals surface area contributed by atoms with E-state index in [1.165, 1.54) is 6.07 Å². The topological polar surface area (TPSA) is 56.0 Å². The number of fused-ring (bicyclic) bond motifs is 1. The Morgan fingerprint density at radius 2 is 2.18 bits per heavy atom. The summed E-state index contributed by atoms with van der Waals surface area (Å²) in [6.45, 7) is 1.76. The van der Waals surface area contributed by atoms with Crippen LogP contribution in [0.15, 0.2) is 18.2 Å². The van der Waals surface area contributed by atoms with E-state index in [4.69, 9.17) is 23.2 Å². The highest BCUT2D eigenvalue weighted by molar-refractivity contribution is 6.34. The van der Waals surface area contributed by atoms with E-state index in [-0.39, 0.29) is 16.7 Å². The van der Waals surface area contributed by atoms with Crippen LogP contribution in [0, 0.1) is 17.0 Å². The van der Waals surface area contributed by atoms with E-state index >= 15 is 0 Å². The van der Waals surface area contributed by atoms with Crippen molar-refractivity contribution in [2.75, 3.05) is 0 Å². The fourth-order valence-electron chi connectivity index (χ4n) is 1.80. The highest BCUT2D eigenvalue weighted by Gasteiger charge is 2.18. The first-order chi connectivity index (χ1) is 8.06. The summed E-state index contributed by atoms with van der Waals surface area (Å²) in [5.74, 6) is 0.174. The van der Waals surface area contributed by atoms with Gasteiger partial charge in [0, 0.05) is 11.5 Å². The lowest BCUT2D eigenvalue weighted by Crippen LogP contribution is -1.97. The molecule has 1 aromatic carbocycles. The molecule has 2 aromatic rings. The van der Waals surface area contributed by atoms with Crippen LogP contribution >= 0.6 is 23.2 Å². The molecule has 0 saturated heterocycles. The Morgan fingerprint density at radius 1 is 1.47 bits per heavy atom. The molecule has 2 rings (SSSR count). The van der Waals surface area contributed by atoms with Crippen LogP contribution in [0.3, 0.4) is 0 Å². The predicted molar refractivity (Wildman–Crippen MR) is 67.7 cm³/mol. The molecule has 1 heterocycles. The zero-order valence-corrected chi connectivity index (χ0v) is 10.4. The Balaban J connectivity index is 2.96. The van der Waals surface area contributed by atoms with Crippen molar-refractivity contribution in [2.24, 2.45) is 0 Å². The van der Waals surface area contributed by atoms with Crippen LogP contribution in [0.4, 0.5) is 5.69 Å². The molecular weight excluding hydrogens is 263 g/mol. The molecule has 88 valence electrons. The average Bonchev–Trinajstić information content (AvgIpc) is 2.32. The highest BCUT2D eigenvalue weighted by atomic mass is 35.5. The van der Waals surface area contributed by atoms with E-state index in [0.29, 0.717) is 22.0 Å². The predicted octanol–water partition coefficient (Wildman–Crippen LogP) is 3.84. The number of halogens is 2. The Bertz CT molecular complexity index is 614. The Morgan fingerprint density at radius 3 is 2.76 bits per heavy atom. The summed E-state index contributed by atoms with van der Waals surface area (Å²) in [5, 5.41) is 12.3. The molecule has 0 amide bonds. The van der Waals surface area contributed by atoms with Crippen LogP contribution in [-0.2, 0) is 5.88 Å². The highest BCUT2D eigenvalue weighted by Crippen LogP contribution is 2.33. The van der Waals surface area contributed by atoms with Crippen LogP contribution < -0.4 is 0 Å². The maximum atomic E-state index is 11.0. The molecule has 6 heteroatoms. The lowest BCUT2D eigenvalue weighted by Gasteiger charge is -2.08. The second kappa shape index (κ2) is 4.47. The lowest BCUT2D eigenvalue weighted by atomic mass is 10.0. The maximum absolute atomic E-state index is 11.0. The molecule has 0 aliphatic heterocycles. The first-order valence-electron chi connectivity index (χ1n) is 4.84. The molecule has 4 nitrogen and oxygen atoms in total. The summed E-state index contributed by atoms with van der Waals surface area (Å²) in [6.07, 6.45) is 0. The number of pyridine rings is 1. The minimum atomic E-state index is -0.427. The van der Waals surface area contributed by atoms with Gasteiger partial charge in [0.15, 0.2) is 0 Å². The van der Waals surface area contributed by atoms with E-state index in [2.05, 4.69) is 4.98 Å². The van der Waals surface area contributed by atoms with Crippen molar-refractivity contribution in [3.63, 3.8) is 0 Å². The molecule has 0 spiro atoms. The number of aromatic nitrogens is 1. The molecule has 0 fully saturated rings. The largest absolute Gasteiger partial charge is 0.277 e. The van der Waals surface area contributed by atoms with E-state index in [1.54, 1.807) is 19.1 Å². The molecule has 0 atom stereocenters. The van der Waals surface area contributed by atoms with Crippen molar-refractivity contribution in [1.29, 1.82) is 0 Å². The van der Waals surface area contributed by atoms with Gasteiger partial charge >= 0.3 is 0 Å². The third-order valence-corrected chi connectivity index (χ3v) is 3.17. The molecule has 0 N–H and O–H groups in total. The molecule has 0 radical (unpaired) electrons. The minimum absolute atomic E-state index is 0.0238. The minimum Gasteiger partial charge on any atom is -0.258 e. The van der Waals surface area contributed by atoms with E-state index in [0.717, 1.165) is 0 Å². The summed E-state index contributed by atoms with van der Waals surface area (Å²) >= 11 is 11.7. The lowest BCUT2D eigenvalue weighted by molar-refractivity contribution is -0.383. The third-order valence-electron chi connectivity index (χ3n) is 2.63. The zero-order valence-electron chi connectivity index (χ0n) is 8.91. The summed E-state index contributed by atoms with van der Waals surface area (Å²) in [6, 6.07) is 4.75. The molecule has 1 aromatic heterocycles. The van der Waals surface area contributed by atoms with E-state index < -0.39 is 4.92 Å². The zero-order chi connectivity index (χ0) is 12.6. The molecule has 0 unspecified atom stereocenters. The first kappa shape index (κ1) is 12.1. The Hall–Kier alpha value is -1.39. The summed E-state index contributed by atoms with van der Waals surface area (Å²) in [4.78, 5) is 14.7. The van der Waals surface area contributed by atoms with Crippen LogP contribution in [0.1, 0.15) is 11.3 Å². The van der Waals surface area contributed by atoms with Crippen LogP contribution in [0.25, 0.3) is 10.8 Å². The van der Waals surface area contributed by atoms with Gasteiger partial charge in [-0.3, -0.25) is 10.1 Å². The standard InChI is InChI=1S/C11H8Cl2N2O2/c1-6-8(5-12)14-11(13)7-3-2-4-9(10(6)7)15(16)17/h2-4H,5H2,1H3. The first-order valence-corrected chi connectivity index (χ1v) is 5.75. The normalized spacial score (nSPS) is 10.8. The van der Waals surface area contributed by atoms with E-state index in [1.807, 2.05) is 0 Å². The molecule has 17 heavy (non-hydrogen) atoms. The number of nitrogens with zero attached hydrogens (tertiary/aromatic N) is 2. The number of aryl methyl sites for hydroxylation is 1. The molecule has 0 aliphatic carbocycles. The SMILES string of the molecule is Cc1c(CCl)nc(Cl)c2cccc([N+](=O)[O-])c12. The Labute approximate surface area is 107 Å². The molecule has 0 saturated carbocycles. The number of nitro groups is 1. The van der Waals surface area contributed by atoms with Crippen molar-refractivity contribution >= 4 is 39.7 Å². The number of non-ortho nitro benzene ring substituents is 1. The fraction of sp³-hybridized carbons (Fsp3) is 0.182. The van der Waals surface area contributed by atoms with Gasteiger partial charge in [-0.25, -0.2) is 4.98 Å². The van der Waals surface area contributed by atoms with Gasteiger partial charge in [0.05, 0.1) is 21.9 Å². The Kier molecular flexibility index (Phi) is 3.17. The van der Waals surface area contributed by atoms with Crippen LogP contribution in [0.5, 0.6) is 0 Å². The van der Waals surface area contributed by atoms with Crippen molar-refractivity contribution < 1.29 is 4.92 Å². The van der Waals surface area contributed by atoms with Gasteiger partial charge in [0.1, 0.15) is 5.15 Å². The smallest absolute Gasteiger partial charge is 0.258 e. The second-order valence-corrected chi connectivity index (χ2v) is 4.19. The van der Waals surface area contributed by atoms with Crippen molar-refractivity contribution in [3.05, 3.63) is 44.7 Å². The molecule has 0 bridgehead atoms. The summed E-state index contributed by atoms with van der Waals surface area (Å²) < 4.78 is 0. The van der Waals surface area contributed by atoms with Crippen molar-refractivity contribution in [2.45, 2.75) is 12.8 Å². The fourth-order valence-corrected chi connectivity index (χ4v) is 2.31. The number of hydrogen-bond donors (Lipinski definition) is 0. The number of nitro benzene ring substituents is 1. The maximum Gasteiger partial charge on any atom is 0.277 e. The molecular formula is C11H8Cl2N2O2. The quantitative estimate of drug-likeness (QED) is 0.361. The van der Waals surface area contributed by atoms with Gasteiger partial charge in [-0.15, -0.1) is 11.6 Å². The number of benzene rings is 1. The van der Waals surface area contributed by atoms with Gasteiger partial charge in [-0.1, -0.05) is 23.7 Å². The van der Waals surface area contributed by atoms with Crippen LogP contribution in [0.2, 0.25) is 5.15 Å². The molecule has 0 aliphatic rings.